The maximum atomic E-state index is 12.3. The zero-order chi connectivity index (χ0) is 14.6. The van der Waals surface area contributed by atoms with Gasteiger partial charge in [-0.2, -0.15) is 18.3 Å². The molecule has 0 saturated carbocycles. The van der Waals surface area contributed by atoms with Gasteiger partial charge in [0.05, 0.1) is 5.69 Å². The van der Waals surface area contributed by atoms with Gasteiger partial charge in [-0.15, -0.1) is 0 Å². The monoisotopic (exact) mass is 285 g/mol. The Hall–Kier alpha value is -2.02. The van der Waals surface area contributed by atoms with E-state index in [4.69, 9.17) is 0 Å². The predicted molar refractivity (Wildman–Crippen MR) is 66.9 cm³/mol. The second kappa shape index (κ2) is 5.96. The van der Waals surface area contributed by atoms with Crippen molar-refractivity contribution in [3.05, 3.63) is 47.8 Å². The molecule has 2 aromatic rings. The fourth-order valence-electron chi connectivity index (χ4n) is 1.82. The van der Waals surface area contributed by atoms with Crippen molar-refractivity contribution in [3.8, 4) is 5.75 Å². The van der Waals surface area contributed by atoms with Gasteiger partial charge in [0, 0.05) is 19.3 Å². The number of benzene rings is 1. The fourth-order valence-corrected chi connectivity index (χ4v) is 1.82. The number of hydrogen-bond acceptors (Lipinski definition) is 3. The Labute approximate surface area is 113 Å². The number of alkyl halides is 3. The van der Waals surface area contributed by atoms with Crippen molar-refractivity contribution in [1.29, 1.82) is 0 Å². The summed E-state index contributed by atoms with van der Waals surface area (Å²) in [5.74, 6) is 0.159. The van der Waals surface area contributed by atoms with Crippen LogP contribution in [0.2, 0.25) is 0 Å². The van der Waals surface area contributed by atoms with Gasteiger partial charge in [-0.3, -0.25) is 4.68 Å². The van der Waals surface area contributed by atoms with E-state index in [1.165, 1.54) is 6.20 Å². The lowest BCUT2D eigenvalue weighted by Gasteiger charge is -2.11. The molecule has 0 amide bonds. The van der Waals surface area contributed by atoms with Crippen LogP contribution in [0.25, 0.3) is 0 Å². The predicted octanol–water partition coefficient (Wildman–Crippen LogP) is 2.44. The molecule has 0 aliphatic rings. The van der Waals surface area contributed by atoms with Gasteiger partial charge in [0.1, 0.15) is 12.3 Å². The van der Waals surface area contributed by atoms with Gasteiger partial charge < -0.3 is 10.4 Å². The Bertz CT molecular complexity index is 566. The van der Waals surface area contributed by atoms with Crippen LogP contribution in [0.5, 0.6) is 5.75 Å². The molecule has 20 heavy (non-hydrogen) atoms. The standard InChI is InChI=1S/C13H14F3N3O/c14-13(15,16)9-19-11(4-5-18-19)8-17-7-10-2-1-3-12(20)6-10/h1-6,17,20H,7-9H2. The van der Waals surface area contributed by atoms with Gasteiger partial charge in [0.15, 0.2) is 0 Å². The van der Waals surface area contributed by atoms with Gasteiger partial charge in [-0.05, 0) is 23.8 Å². The minimum atomic E-state index is -4.29. The highest BCUT2D eigenvalue weighted by atomic mass is 19.4. The Morgan fingerprint density at radius 2 is 2.00 bits per heavy atom. The van der Waals surface area contributed by atoms with Gasteiger partial charge >= 0.3 is 6.18 Å². The molecule has 0 fully saturated rings. The van der Waals surface area contributed by atoms with E-state index in [1.807, 2.05) is 6.07 Å². The lowest BCUT2D eigenvalue weighted by molar-refractivity contribution is -0.143. The van der Waals surface area contributed by atoms with Crippen molar-refractivity contribution in [3.63, 3.8) is 0 Å². The summed E-state index contributed by atoms with van der Waals surface area (Å²) in [7, 11) is 0. The van der Waals surface area contributed by atoms with E-state index >= 15 is 0 Å². The molecule has 0 aliphatic heterocycles. The molecule has 1 aromatic heterocycles. The van der Waals surface area contributed by atoms with Crippen molar-refractivity contribution in [2.75, 3.05) is 0 Å². The molecular formula is C13H14F3N3O. The summed E-state index contributed by atoms with van der Waals surface area (Å²) in [5.41, 5.74) is 1.31. The molecule has 108 valence electrons. The van der Waals surface area contributed by atoms with Crippen LogP contribution >= 0.6 is 0 Å². The number of halogens is 3. The third-order valence-corrected chi connectivity index (χ3v) is 2.68. The molecule has 1 aromatic carbocycles. The second-order valence-corrected chi connectivity index (χ2v) is 4.37. The van der Waals surface area contributed by atoms with Crippen molar-refractivity contribution < 1.29 is 18.3 Å². The van der Waals surface area contributed by atoms with Gasteiger partial charge in [-0.1, -0.05) is 12.1 Å². The van der Waals surface area contributed by atoms with Crippen LogP contribution in [-0.2, 0) is 19.6 Å². The lowest BCUT2D eigenvalue weighted by Crippen LogP contribution is -2.23. The highest BCUT2D eigenvalue weighted by Gasteiger charge is 2.29. The SMILES string of the molecule is Oc1cccc(CNCc2ccnn2CC(F)(F)F)c1. The minimum absolute atomic E-state index is 0.159. The van der Waals surface area contributed by atoms with Crippen LogP contribution in [0, 0.1) is 0 Å². The topological polar surface area (TPSA) is 50.1 Å². The highest BCUT2D eigenvalue weighted by Crippen LogP contribution is 2.18. The average Bonchev–Trinajstić information content (AvgIpc) is 2.74. The van der Waals surface area contributed by atoms with Crippen LogP contribution in [0.1, 0.15) is 11.3 Å². The molecule has 0 saturated heterocycles. The number of aromatic nitrogens is 2. The van der Waals surface area contributed by atoms with E-state index < -0.39 is 12.7 Å². The number of rotatable bonds is 5. The third-order valence-electron chi connectivity index (χ3n) is 2.68. The molecule has 7 heteroatoms. The summed E-state index contributed by atoms with van der Waals surface area (Å²) in [6.07, 6.45) is -2.94. The first-order chi connectivity index (χ1) is 9.44. The van der Waals surface area contributed by atoms with E-state index in [1.54, 1.807) is 24.3 Å². The molecule has 0 bridgehead atoms. The van der Waals surface area contributed by atoms with Crippen molar-refractivity contribution in [2.24, 2.45) is 0 Å². The van der Waals surface area contributed by atoms with Gasteiger partial charge in [0.2, 0.25) is 0 Å². The summed E-state index contributed by atoms with van der Waals surface area (Å²) in [6.45, 7) is -0.375. The van der Waals surface area contributed by atoms with E-state index in [0.717, 1.165) is 10.2 Å². The summed E-state index contributed by atoms with van der Waals surface area (Å²) in [4.78, 5) is 0. The Balaban J connectivity index is 1.90. The molecular weight excluding hydrogens is 271 g/mol. The highest BCUT2D eigenvalue weighted by molar-refractivity contribution is 5.26. The van der Waals surface area contributed by atoms with Crippen LogP contribution < -0.4 is 5.32 Å². The molecule has 4 nitrogen and oxygen atoms in total. The molecule has 0 radical (unpaired) electrons. The molecule has 1 heterocycles. The maximum Gasteiger partial charge on any atom is 0.408 e. The summed E-state index contributed by atoms with van der Waals surface area (Å²) < 4.78 is 37.9. The van der Waals surface area contributed by atoms with Crippen molar-refractivity contribution in [2.45, 2.75) is 25.8 Å². The number of nitrogens with zero attached hydrogens (tertiary/aromatic N) is 2. The Morgan fingerprint density at radius 1 is 1.20 bits per heavy atom. The van der Waals surface area contributed by atoms with Crippen LogP contribution in [0.4, 0.5) is 13.2 Å². The molecule has 0 spiro atoms. The Morgan fingerprint density at radius 3 is 2.70 bits per heavy atom. The Kier molecular flexibility index (Phi) is 4.29. The number of hydrogen-bond donors (Lipinski definition) is 2. The molecule has 0 atom stereocenters. The van der Waals surface area contributed by atoms with Gasteiger partial charge in [-0.25, -0.2) is 0 Å². The number of phenolic OH excluding ortho intramolecular Hbond substituents is 1. The van der Waals surface area contributed by atoms with Crippen molar-refractivity contribution >= 4 is 0 Å². The quantitative estimate of drug-likeness (QED) is 0.887. The van der Waals surface area contributed by atoms with Crippen molar-refractivity contribution in [1.82, 2.24) is 15.1 Å². The zero-order valence-corrected chi connectivity index (χ0v) is 10.6. The second-order valence-electron chi connectivity index (χ2n) is 4.37. The lowest BCUT2D eigenvalue weighted by atomic mass is 10.2. The van der Waals surface area contributed by atoms with E-state index in [2.05, 4.69) is 10.4 Å². The summed E-state index contributed by atoms with van der Waals surface area (Å²) in [5, 5.41) is 16.0. The van der Waals surface area contributed by atoms with E-state index in [0.29, 0.717) is 12.2 Å². The average molecular weight is 285 g/mol. The number of phenols is 1. The first-order valence-electron chi connectivity index (χ1n) is 6.00. The molecule has 0 unspecified atom stereocenters. The fraction of sp³-hybridized carbons (Fsp3) is 0.308. The van der Waals surface area contributed by atoms with Crippen LogP contribution in [0.3, 0.4) is 0 Å². The van der Waals surface area contributed by atoms with Crippen LogP contribution in [-0.4, -0.2) is 21.1 Å². The zero-order valence-electron chi connectivity index (χ0n) is 10.6. The minimum Gasteiger partial charge on any atom is -0.508 e. The smallest absolute Gasteiger partial charge is 0.408 e. The molecule has 2 rings (SSSR count). The van der Waals surface area contributed by atoms with Gasteiger partial charge in [0.25, 0.3) is 0 Å². The van der Waals surface area contributed by atoms with E-state index in [-0.39, 0.29) is 12.3 Å². The van der Waals surface area contributed by atoms with E-state index in [9.17, 15) is 18.3 Å². The normalized spacial score (nSPS) is 11.8. The molecule has 2 N–H and O–H groups in total. The summed E-state index contributed by atoms with van der Waals surface area (Å²) in [6, 6.07) is 8.23. The largest absolute Gasteiger partial charge is 0.508 e. The first kappa shape index (κ1) is 14.4. The summed E-state index contributed by atoms with van der Waals surface area (Å²) >= 11 is 0. The first-order valence-corrected chi connectivity index (χ1v) is 6.00. The number of aromatic hydroxyl groups is 1. The number of nitrogens with one attached hydrogen (secondary N) is 1. The third kappa shape index (κ3) is 4.27. The molecule has 0 aliphatic carbocycles. The van der Waals surface area contributed by atoms with Crippen LogP contribution in [0.15, 0.2) is 36.5 Å². The maximum absolute atomic E-state index is 12.3.